The van der Waals surface area contributed by atoms with Crippen LogP contribution >= 0.6 is 0 Å². The minimum atomic E-state index is 0.0887. The number of hydrogen-bond donors (Lipinski definition) is 2. The molecule has 0 aliphatic carbocycles. The number of methoxy groups -OCH3 is 1. The summed E-state index contributed by atoms with van der Waals surface area (Å²) in [5, 5.41) is 11.7. The van der Waals surface area contributed by atoms with Crippen LogP contribution in [0.4, 0.5) is 0 Å². The highest BCUT2D eigenvalue weighted by molar-refractivity contribution is 5.86. The van der Waals surface area contributed by atoms with Gasteiger partial charge in [-0.05, 0) is 50.8 Å². The van der Waals surface area contributed by atoms with Gasteiger partial charge in [0.1, 0.15) is 0 Å². The third kappa shape index (κ3) is 3.61. The molecule has 3 rings (SSSR count). The Bertz CT molecular complexity index is 778. The predicted octanol–water partition coefficient (Wildman–Crippen LogP) is 1.39. The van der Waals surface area contributed by atoms with Crippen molar-refractivity contribution in [1.82, 2.24) is 25.4 Å². The maximum absolute atomic E-state index is 12.2. The number of carbonyl (C=O) groups excluding carboxylic acids is 1. The van der Waals surface area contributed by atoms with Gasteiger partial charge in [0, 0.05) is 31.7 Å². The van der Waals surface area contributed by atoms with Crippen LogP contribution in [0.15, 0.2) is 0 Å². The molecule has 1 fully saturated rings. The molecule has 0 bridgehead atoms. The summed E-state index contributed by atoms with van der Waals surface area (Å²) >= 11 is 0. The first-order valence-corrected chi connectivity index (χ1v) is 8.88. The van der Waals surface area contributed by atoms with Crippen molar-refractivity contribution in [1.29, 1.82) is 0 Å². The Labute approximate surface area is 148 Å². The lowest BCUT2D eigenvalue weighted by molar-refractivity contribution is -0.121. The molecule has 7 nitrogen and oxygen atoms in total. The van der Waals surface area contributed by atoms with Crippen LogP contribution in [0, 0.1) is 13.8 Å². The highest BCUT2D eigenvalue weighted by atomic mass is 16.5. The summed E-state index contributed by atoms with van der Waals surface area (Å²) in [4.78, 5) is 16.9. The van der Waals surface area contributed by atoms with Crippen LogP contribution in [0.25, 0.3) is 11.0 Å². The first kappa shape index (κ1) is 17.7. The molecular weight excluding hydrogens is 318 g/mol. The van der Waals surface area contributed by atoms with Gasteiger partial charge in [-0.25, -0.2) is 9.67 Å². The van der Waals surface area contributed by atoms with Crippen LogP contribution in [0.3, 0.4) is 0 Å². The molecule has 1 amide bonds. The fraction of sp³-hybridized carbons (Fsp3) is 0.611. The number of amides is 1. The smallest absolute Gasteiger partial charge is 0.242 e. The van der Waals surface area contributed by atoms with Crippen LogP contribution in [0.2, 0.25) is 0 Å². The normalized spacial score (nSPS) is 17.2. The first-order valence-electron chi connectivity index (χ1n) is 8.88. The molecule has 0 aromatic carbocycles. The largest absolute Gasteiger partial charge is 0.479 e. The monoisotopic (exact) mass is 345 g/mol. The lowest BCUT2D eigenvalue weighted by Crippen LogP contribution is -2.37. The lowest BCUT2D eigenvalue weighted by atomic mass is 10.00. The number of fused-ring (bicyclic) bond motifs is 1. The summed E-state index contributed by atoms with van der Waals surface area (Å²) in [5.41, 5.74) is 3.96. The number of nitrogens with one attached hydrogen (secondary N) is 2. The summed E-state index contributed by atoms with van der Waals surface area (Å²) in [6.45, 7) is 5.81. The molecule has 1 atom stereocenters. The quantitative estimate of drug-likeness (QED) is 0.827. The molecule has 1 aliphatic rings. The van der Waals surface area contributed by atoms with Crippen molar-refractivity contribution in [2.45, 2.75) is 45.6 Å². The van der Waals surface area contributed by atoms with Crippen molar-refractivity contribution in [3.8, 4) is 5.88 Å². The van der Waals surface area contributed by atoms with Crippen LogP contribution in [-0.2, 0) is 18.3 Å². The van der Waals surface area contributed by atoms with Gasteiger partial charge in [-0.2, -0.15) is 0 Å². The number of ether oxygens (including phenoxy) is 1. The van der Waals surface area contributed by atoms with Crippen molar-refractivity contribution in [3.63, 3.8) is 0 Å². The molecule has 1 unspecified atom stereocenters. The van der Waals surface area contributed by atoms with E-state index < -0.39 is 0 Å². The van der Waals surface area contributed by atoms with E-state index in [-0.39, 0.29) is 5.91 Å². The van der Waals surface area contributed by atoms with Crippen molar-refractivity contribution < 1.29 is 9.53 Å². The standard InChI is InChI=1S/C18H27N5O2/c1-11-14(7-8-15(24)20-10-13-6-5-9-19-13)12(2)21-17-16(11)18(25-4)22-23(17)3/h13,19H,5-10H2,1-4H3,(H,20,24). The van der Waals surface area contributed by atoms with Crippen molar-refractivity contribution >= 4 is 16.9 Å². The lowest BCUT2D eigenvalue weighted by Gasteiger charge is -2.13. The molecule has 0 radical (unpaired) electrons. The first-order chi connectivity index (χ1) is 12.0. The maximum Gasteiger partial charge on any atom is 0.242 e. The average Bonchev–Trinajstić information content (AvgIpc) is 3.21. The van der Waals surface area contributed by atoms with Gasteiger partial charge in [-0.15, -0.1) is 5.10 Å². The maximum atomic E-state index is 12.2. The van der Waals surface area contributed by atoms with Gasteiger partial charge in [-0.3, -0.25) is 4.79 Å². The highest BCUT2D eigenvalue weighted by Gasteiger charge is 2.19. The number of hydrogen-bond acceptors (Lipinski definition) is 5. The Kier molecular flexibility index (Phi) is 5.22. The Morgan fingerprint density at radius 1 is 1.44 bits per heavy atom. The van der Waals surface area contributed by atoms with E-state index in [1.165, 1.54) is 6.42 Å². The average molecular weight is 345 g/mol. The third-order valence-electron chi connectivity index (χ3n) is 5.03. The van der Waals surface area contributed by atoms with Crippen molar-refractivity contribution in [2.75, 3.05) is 20.2 Å². The van der Waals surface area contributed by atoms with E-state index >= 15 is 0 Å². The second-order valence-corrected chi connectivity index (χ2v) is 6.73. The van der Waals surface area contributed by atoms with E-state index in [0.717, 1.165) is 40.8 Å². The molecule has 136 valence electrons. The number of rotatable bonds is 6. The van der Waals surface area contributed by atoms with Crippen LogP contribution < -0.4 is 15.4 Å². The fourth-order valence-electron chi connectivity index (χ4n) is 3.60. The van der Waals surface area contributed by atoms with Crippen LogP contribution in [-0.4, -0.2) is 46.9 Å². The summed E-state index contributed by atoms with van der Waals surface area (Å²) in [5.74, 6) is 0.672. The second-order valence-electron chi connectivity index (χ2n) is 6.73. The number of aromatic nitrogens is 3. The predicted molar refractivity (Wildman–Crippen MR) is 96.9 cm³/mol. The van der Waals surface area contributed by atoms with E-state index in [4.69, 9.17) is 4.74 Å². The molecule has 2 aromatic heterocycles. The SMILES string of the molecule is COc1nn(C)c2nc(C)c(CCC(=O)NCC3CCCN3)c(C)c12. The van der Waals surface area contributed by atoms with Gasteiger partial charge < -0.3 is 15.4 Å². The van der Waals surface area contributed by atoms with Gasteiger partial charge >= 0.3 is 0 Å². The zero-order valence-corrected chi connectivity index (χ0v) is 15.5. The van der Waals surface area contributed by atoms with E-state index in [9.17, 15) is 4.79 Å². The fourth-order valence-corrected chi connectivity index (χ4v) is 3.60. The van der Waals surface area contributed by atoms with Crippen molar-refractivity contribution in [3.05, 3.63) is 16.8 Å². The van der Waals surface area contributed by atoms with Crippen LogP contribution in [0.1, 0.15) is 36.1 Å². The Hall–Kier alpha value is -2.15. The molecule has 3 heterocycles. The van der Waals surface area contributed by atoms with Crippen molar-refractivity contribution in [2.24, 2.45) is 7.05 Å². The molecule has 1 aliphatic heterocycles. The van der Waals surface area contributed by atoms with Gasteiger partial charge in [-0.1, -0.05) is 0 Å². The zero-order chi connectivity index (χ0) is 18.0. The van der Waals surface area contributed by atoms with Gasteiger partial charge in [0.25, 0.3) is 0 Å². The number of aryl methyl sites for hydroxylation is 3. The van der Waals surface area contributed by atoms with E-state index in [1.54, 1.807) is 11.8 Å². The van der Waals surface area contributed by atoms with Crippen LogP contribution in [0.5, 0.6) is 5.88 Å². The molecule has 1 saturated heterocycles. The second kappa shape index (κ2) is 7.39. The molecule has 7 heteroatoms. The Balaban J connectivity index is 1.71. The molecule has 25 heavy (non-hydrogen) atoms. The number of pyridine rings is 1. The molecule has 2 aromatic rings. The molecule has 0 spiro atoms. The number of carbonyl (C=O) groups is 1. The molecular formula is C18H27N5O2. The minimum absolute atomic E-state index is 0.0887. The minimum Gasteiger partial charge on any atom is -0.479 e. The van der Waals surface area contributed by atoms with Gasteiger partial charge in [0.15, 0.2) is 5.65 Å². The third-order valence-corrected chi connectivity index (χ3v) is 5.03. The van der Waals surface area contributed by atoms with Gasteiger partial charge in [0.05, 0.1) is 12.5 Å². The number of nitrogens with zero attached hydrogens (tertiary/aromatic N) is 3. The van der Waals surface area contributed by atoms with Gasteiger partial charge in [0.2, 0.25) is 11.8 Å². The Morgan fingerprint density at radius 3 is 2.92 bits per heavy atom. The Morgan fingerprint density at radius 2 is 2.24 bits per heavy atom. The zero-order valence-electron chi connectivity index (χ0n) is 15.5. The molecule has 0 saturated carbocycles. The van der Waals surface area contributed by atoms with E-state index in [2.05, 4.69) is 27.6 Å². The topological polar surface area (TPSA) is 81.1 Å². The van der Waals surface area contributed by atoms with E-state index in [0.29, 0.717) is 31.3 Å². The summed E-state index contributed by atoms with van der Waals surface area (Å²) in [7, 11) is 3.48. The van der Waals surface area contributed by atoms with E-state index in [1.807, 2.05) is 14.0 Å². The molecule has 2 N–H and O–H groups in total. The summed E-state index contributed by atoms with van der Waals surface area (Å²) < 4.78 is 7.12. The summed E-state index contributed by atoms with van der Waals surface area (Å²) in [6.07, 6.45) is 3.46. The summed E-state index contributed by atoms with van der Waals surface area (Å²) in [6, 6.07) is 0.421. The highest BCUT2D eigenvalue weighted by Crippen LogP contribution is 2.30.